The first-order valence-corrected chi connectivity index (χ1v) is 10.2. The molecule has 158 valence electrons. The molecule has 0 saturated heterocycles. The molecule has 0 heterocycles. The van der Waals surface area contributed by atoms with Crippen LogP contribution in [0, 0.1) is 0 Å². The van der Waals surface area contributed by atoms with Crippen LogP contribution in [-0.4, -0.2) is 52.8 Å². The number of amides is 1. The number of esters is 1. The summed E-state index contributed by atoms with van der Waals surface area (Å²) < 4.78 is 10.7. The van der Waals surface area contributed by atoms with E-state index < -0.39 is 5.97 Å². The van der Waals surface area contributed by atoms with Gasteiger partial charge in [0.05, 0.1) is 17.9 Å². The van der Waals surface area contributed by atoms with Gasteiger partial charge in [0.25, 0.3) is 5.91 Å². The molecule has 0 bridgehead atoms. The number of ether oxygens (including phenoxy) is 2. The van der Waals surface area contributed by atoms with Crippen LogP contribution in [0.2, 0.25) is 0 Å². The molecule has 6 nitrogen and oxygen atoms in total. The van der Waals surface area contributed by atoms with E-state index in [2.05, 4.69) is 6.92 Å². The van der Waals surface area contributed by atoms with E-state index >= 15 is 0 Å². The van der Waals surface area contributed by atoms with Crippen LogP contribution < -0.4 is 9.80 Å². The Morgan fingerprint density at radius 2 is 1.64 bits per heavy atom. The van der Waals surface area contributed by atoms with Crippen molar-refractivity contribution in [2.75, 3.05) is 50.8 Å². The minimum absolute atomic E-state index is 0.0000820. The van der Waals surface area contributed by atoms with Gasteiger partial charge in [0.15, 0.2) is 0 Å². The Balaban J connectivity index is 2.67. The summed E-state index contributed by atoms with van der Waals surface area (Å²) in [5, 5.41) is 0. The molecule has 0 spiro atoms. The van der Waals surface area contributed by atoms with Gasteiger partial charge in [0, 0.05) is 33.4 Å². The standard InChI is InChI=1S/C22H36N2O4/c1-6-8-9-10-11-12-15-27-17-21(25)24(5)20-16-18(23(3)4)13-14-19(20)22(26)28-7-2/h13-14,16H,6-12,15,17H2,1-5H3. The van der Waals surface area contributed by atoms with Crippen LogP contribution in [0.15, 0.2) is 18.2 Å². The summed E-state index contributed by atoms with van der Waals surface area (Å²) in [5.74, 6) is -0.622. The molecule has 1 rings (SSSR count). The SMILES string of the molecule is CCCCCCCCOCC(=O)N(C)c1cc(N(C)C)ccc1C(=O)OCC. The molecule has 0 unspecified atom stereocenters. The highest BCUT2D eigenvalue weighted by Crippen LogP contribution is 2.26. The van der Waals surface area contributed by atoms with Crippen molar-refractivity contribution in [3.05, 3.63) is 23.8 Å². The van der Waals surface area contributed by atoms with Gasteiger partial charge in [-0.25, -0.2) is 4.79 Å². The molecule has 1 aromatic rings. The number of nitrogens with zero attached hydrogens (tertiary/aromatic N) is 2. The molecule has 0 aliphatic rings. The molecular formula is C22H36N2O4. The summed E-state index contributed by atoms with van der Waals surface area (Å²) in [4.78, 5) is 28.2. The summed E-state index contributed by atoms with van der Waals surface area (Å²) in [6.07, 6.45) is 7.08. The van der Waals surface area contributed by atoms with Gasteiger partial charge in [-0.2, -0.15) is 0 Å². The maximum atomic E-state index is 12.6. The smallest absolute Gasteiger partial charge is 0.340 e. The third kappa shape index (κ3) is 7.89. The number of unbranched alkanes of at least 4 members (excludes halogenated alkanes) is 5. The fourth-order valence-electron chi connectivity index (χ4n) is 2.83. The number of carbonyl (C=O) groups is 2. The third-order valence-electron chi connectivity index (χ3n) is 4.60. The van der Waals surface area contributed by atoms with Gasteiger partial charge in [-0.3, -0.25) is 4.79 Å². The second-order valence-electron chi connectivity index (χ2n) is 7.09. The predicted octanol–water partition coefficient (Wildman–Crippen LogP) is 4.27. The number of anilines is 2. The maximum Gasteiger partial charge on any atom is 0.340 e. The number of carbonyl (C=O) groups excluding carboxylic acids is 2. The molecule has 0 radical (unpaired) electrons. The molecule has 0 N–H and O–H groups in total. The molecular weight excluding hydrogens is 356 g/mol. The van der Waals surface area contributed by atoms with Crippen LogP contribution in [0.1, 0.15) is 62.7 Å². The number of hydrogen-bond acceptors (Lipinski definition) is 5. The van der Waals surface area contributed by atoms with E-state index in [1.807, 2.05) is 31.1 Å². The fraction of sp³-hybridized carbons (Fsp3) is 0.636. The molecule has 0 saturated carbocycles. The zero-order chi connectivity index (χ0) is 20.9. The van der Waals surface area contributed by atoms with Crippen molar-refractivity contribution in [2.45, 2.75) is 52.4 Å². The van der Waals surface area contributed by atoms with Gasteiger partial charge in [-0.15, -0.1) is 0 Å². The lowest BCUT2D eigenvalue weighted by molar-refractivity contribution is -0.122. The van der Waals surface area contributed by atoms with Crippen molar-refractivity contribution in [2.24, 2.45) is 0 Å². The molecule has 0 aliphatic carbocycles. The van der Waals surface area contributed by atoms with Crippen LogP contribution in [0.3, 0.4) is 0 Å². The second-order valence-corrected chi connectivity index (χ2v) is 7.09. The normalized spacial score (nSPS) is 10.6. The Morgan fingerprint density at radius 1 is 0.964 bits per heavy atom. The average Bonchev–Trinajstić information content (AvgIpc) is 2.68. The minimum Gasteiger partial charge on any atom is -0.462 e. The molecule has 6 heteroatoms. The monoisotopic (exact) mass is 392 g/mol. The van der Waals surface area contributed by atoms with Crippen molar-refractivity contribution in [1.82, 2.24) is 0 Å². The predicted molar refractivity (Wildman–Crippen MR) is 114 cm³/mol. The molecule has 0 fully saturated rings. The lowest BCUT2D eigenvalue weighted by Gasteiger charge is -2.23. The number of hydrogen-bond donors (Lipinski definition) is 0. The van der Waals surface area contributed by atoms with Gasteiger partial charge >= 0.3 is 5.97 Å². The molecule has 0 aliphatic heterocycles. The largest absolute Gasteiger partial charge is 0.462 e. The first kappa shape index (κ1) is 24.0. The minimum atomic E-state index is -0.435. The van der Waals surface area contributed by atoms with Gasteiger partial charge in [-0.1, -0.05) is 39.0 Å². The van der Waals surface area contributed by atoms with Crippen molar-refractivity contribution in [3.63, 3.8) is 0 Å². The number of rotatable bonds is 13. The zero-order valence-corrected chi connectivity index (χ0v) is 18.1. The van der Waals surface area contributed by atoms with E-state index in [9.17, 15) is 9.59 Å². The summed E-state index contributed by atoms with van der Waals surface area (Å²) in [7, 11) is 5.48. The van der Waals surface area contributed by atoms with Crippen LogP contribution >= 0.6 is 0 Å². The molecule has 0 atom stereocenters. The Kier molecular flexibility index (Phi) is 11.3. The zero-order valence-electron chi connectivity index (χ0n) is 18.1. The van der Waals surface area contributed by atoms with Crippen molar-refractivity contribution >= 4 is 23.3 Å². The quantitative estimate of drug-likeness (QED) is 0.371. The second kappa shape index (κ2) is 13.2. The van der Waals surface area contributed by atoms with Crippen LogP contribution in [0.5, 0.6) is 0 Å². The molecule has 1 amide bonds. The Hall–Kier alpha value is -2.08. The Bertz CT molecular complexity index is 617. The highest BCUT2D eigenvalue weighted by Gasteiger charge is 2.20. The van der Waals surface area contributed by atoms with E-state index in [1.165, 1.54) is 30.6 Å². The summed E-state index contributed by atoms with van der Waals surface area (Å²) in [6.45, 7) is 4.82. The Labute approximate surface area is 169 Å². The van der Waals surface area contributed by atoms with Crippen LogP contribution in [-0.2, 0) is 14.3 Å². The first-order valence-electron chi connectivity index (χ1n) is 10.2. The number of likely N-dealkylation sites (N-methyl/N-ethyl adjacent to an activating group) is 1. The van der Waals surface area contributed by atoms with Crippen molar-refractivity contribution in [3.8, 4) is 0 Å². The van der Waals surface area contributed by atoms with Crippen molar-refractivity contribution in [1.29, 1.82) is 0 Å². The molecule has 28 heavy (non-hydrogen) atoms. The van der Waals surface area contributed by atoms with Gasteiger partial charge in [-0.05, 0) is 31.5 Å². The van der Waals surface area contributed by atoms with E-state index in [0.717, 1.165) is 18.5 Å². The highest BCUT2D eigenvalue weighted by atomic mass is 16.5. The third-order valence-corrected chi connectivity index (χ3v) is 4.60. The summed E-state index contributed by atoms with van der Waals surface area (Å²) in [6, 6.07) is 5.35. The van der Waals surface area contributed by atoms with Crippen LogP contribution in [0.25, 0.3) is 0 Å². The summed E-state index contributed by atoms with van der Waals surface area (Å²) >= 11 is 0. The first-order chi connectivity index (χ1) is 13.4. The average molecular weight is 393 g/mol. The van der Waals surface area contributed by atoms with Gasteiger partial charge in [0.1, 0.15) is 6.61 Å². The maximum absolute atomic E-state index is 12.6. The van der Waals surface area contributed by atoms with E-state index in [4.69, 9.17) is 9.47 Å². The fourth-order valence-corrected chi connectivity index (χ4v) is 2.83. The lowest BCUT2D eigenvalue weighted by atomic mass is 10.1. The molecule has 1 aromatic carbocycles. The number of benzene rings is 1. The lowest BCUT2D eigenvalue weighted by Crippen LogP contribution is -2.32. The van der Waals surface area contributed by atoms with E-state index in [0.29, 0.717) is 17.9 Å². The Morgan fingerprint density at radius 3 is 2.29 bits per heavy atom. The van der Waals surface area contributed by atoms with Crippen molar-refractivity contribution < 1.29 is 19.1 Å². The van der Waals surface area contributed by atoms with E-state index in [-0.39, 0.29) is 19.1 Å². The van der Waals surface area contributed by atoms with Gasteiger partial charge < -0.3 is 19.3 Å². The van der Waals surface area contributed by atoms with E-state index in [1.54, 1.807) is 20.0 Å². The highest BCUT2D eigenvalue weighted by molar-refractivity contribution is 6.03. The molecule has 0 aromatic heterocycles. The topological polar surface area (TPSA) is 59.1 Å². The van der Waals surface area contributed by atoms with Gasteiger partial charge in [0.2, 0.25) is 0 Å². The summed E-state index contributed by atoms with van der Waals surface area (Å²) in [5.41, 5.74) is 1.80. The van der Waals surface area contributed by atoms with Crippen LogP contribution in [0.4, 0.5) is 11.4 Å².